The molecule has 0 unspecified atom stereocenters. The zero-order chi connectivity index (χ0) is 18.8. The number of phenols is 1. The number of carboxylic acid groups (broad SMARTS) is 1. The van der Waals surface area contributed by atoms with Crippen LogP contribution in [0.2, 0.25) is 5.02 Å². The fourth-order valence-electron chi connectivity index (χ4n) is 2.26. The van der Waals surface area contributed by atoms with E-state index in [0.29, 0.717) is 15.1 Å². The summed E-state index contributed by atoms with van der Waals surface area (Å²) in [5, 5.41) is 19.7. The predicted molar refractivity (Wildman–Crippen MR) is 102 cm³/mol. The van der Waals surface area contributed by atoms with Crippen LogP contribution in [0.1, 0.15) is 15.9 Å². The van der Waals surface area contributed by atoms with Crippen LogP contribution in [0.5, 0.6) is 5.75 Å². The number of aliphatic imine (C=N–C) groups is 1. The first kappa shape index (κ1) is 18.0. The topological polar surface area (TPSA) is 90.2 Å². The standard InChI is InChI=1S/C18H13ClN2O4S/c1-21-16(23)15(8-10-2-4-11(19)5-3-10)26-18(21)20-14-7-6-12(22)9-13(14)17(24)25/h2-9,22H,1H3,(H,24,25)/b15-8-,20-18?. The van der Waals surface area contributed by atoms with E-state index < -0.39 is 5.97 Å². The van der Waals surface area contributed by atoms with Gasteiger partial charge >= 0.3 is 5.97 Å². The highest BCUT2D eigenvalue weighted by Crippen LogP contribution is 2.34. The molecule has 2 aromatic rings. The summed E-state index contributed by atoms with van der Waals surface area (Å²) >= 11 is 7.00. The van der Waals surface area contributed by atoms with Crippen LogP contribution in [0.15, 0.2) is 52.4 Å². The van der Waals surface area contributed by atoms with Gasteiger partial charge in [0, 0.05) is 12.1 Å². The zero-order valence-corrected chi connectivity index (χ0v) is 15.1. The van der Waals surface area contributed by atoms with Crippen molar-refractivity contribution in [2.24, 2.45) is 4.99 Å². The van der Waals surface area contributed by atoms with Crippen LogP contribution in [0.4, 0.5) is 5.69 Å². The Morgan fingerprint density at radius 1 is 1.23 bits per heavy atom. The number of hydrogen-bond donors (Lipinski definition) is 2. The third-order valence-corrected chi connectivity index (χ3v) is 4.91. The van der Waals surface area contributed by atoms with Crippen molar-refractivity contribution in [3.63, 3.8) is 0 Å². The average molecular weight is 389 g/mol. The lowest BCUT2D eigenvalue weighted by Crippen LogP contribution is -2.23. The number of halogens is 1. The van der Waals surface area contributed by atoms with Crippen LogP contribution < -0.4 is 0 Å². The highest BCUT2D eigenvalue weighted by atomic mass is 35.5. The van der Waals surface area contributed by atoms with Gasteiger partial charge in [-0.3, -0.25) is 9.69 Å². The van der Waals surface area contributed by atoms with Crippen molar-refractivity contribution in [1.82, 2.24) is 4.90 Å². The number of aromatic carboxylic acids is 1. The summed E-state index contributed by atoms with van der Waals surface area (Å²) < 4.78 is 0. The molecule has 26 heavy (non-hydrogen) atoms. The number of benzene rings is 2. The van der Waals surface area contributed by atoms with Crippen molar-refractivity contribution in [3.05, 3.63) is 63.5 Å². The lowest BCUT2D eigenvalue weighted by atomic mass is 10.2. The van der Waals surface area contributed by atoms with Crippen LogP contribution in [0, 0.1) is 0 Å². The Morgan fingerprint density at radius 2 is 1.92 bits per heavy atom. The molecule has 0 saturated carbocycles. The van der Waals surface area contributed by atoms with Gasteiger partial charge in [0.2, 0.25) is 0 Å². The van der Waals surface area contributed by atoms with E-state index in [4.69, 9.17) is 11.6 Å². The molecule has 132 valence electrons. The molecule has 1 aliphatic heterocycles. The van der Waals surface area contributed by atoms with Crippen LogP contribution >= 0.6 is 23.4 Å². The van der Waals surface area contributed by atoms with E-state index in [9.17, 15) is 19.8 Å². The van der Waals surface area contributed by atoms with Crippen molar-refractivity contribution < 1.29 is 19.8 Å². The first-order valence-corrected chi connectivity index (χ1v) is 8.63. The number of rotatable bonds is 3. The Kier molecular flexibility index (Phi) is 5.01. The van der Waals surface area contributed by atoms with E-state index in [1.165, 1.54) is 17.0 Å². The minimum absolute atomic E-state index is 0.144. The molecule has 0 aromatic heterocycles. The largest absolute Gasteiger partial charge is 0.508 e. The SMILES string of the molecule is CN1C(=O)/C(=C/c2ccc(Cl)cc2)SC1=Nc1ccc(O)cc1C(=O)O. The first-order chi connectivity index (χ1) is 12.3. The van der Waals surface area contributed by atoms with E-state index in [2.05, 4.69) is 4.99 Å². The smallest absolute Gasteiger partial charge is 0.338 e. The number of hydrogen-bond acceptors (Lipinski definition) is 5. The number of carbonyl (C=O) groups is 2. The van der Waals surface area contributed by atoms with Gasteiger partial charge in [-0.05, 0) is 53.7 Å². The second-order valence-corrected chi connectivity index (χ2v) is 6.87. The molecule has 8 heteroatoms. The molecular weight excluding hydrogens is 376 g/mol. The van der Waals surface area contributed by atoms with Gasteiger partial charge in [0.25, 0.3) is 5.91 Å². The van der Waals surface area contributed by atoms with Crippen molar-refractivity contribution in [3.8, 4) is 5.75 Å². The van der Waals surface area contributed by atoms with E-state index in [1.807, 2.05) is 0 Å². The molecule has 2 aromatic carbocycles. The minimum Gasteiger partial charge on any atom is -0.508 e. The van der Waals surface area contributed by atoms with Gasteiger partial charge in [-0.2, -0.15) is 0 Å². The van der Waals surface area contributed by atoms with Gasteiger partial charge in [0.15, 0.2) is 5.17 Å². The highest BCUT2D eigenvalue weighted by molar-refractivity contribution is 8.18. The summed E-state index contributed by atoms with van der Waals surface area (Å²) in [7, 11) is 1.57. The number of nitrogens with zero attached hydrogens (tertiary/aromatic N) is 2. The lowest BCUT2D eigenvalue weighted by Gasteiger charge is -2.08. The first-order valence-electron chi connectivity index (χ1n) is 7.43. The van der Waals surface area contributed by atoms with Gasteiger partial charge < -0.3 is 10.2 Å². The fourth-order valence-corrected chi connectivity index (χ4v) is 3.36. The molecule has 0 atom stereocenters. The third kappa shape index (κ3) is 3.74. The number of likely N-dealkylation sites (N-methyl/N-ethyl adjacent to an activating group) is 1. The van der Waals surface area contributed by atoms with Gasteiger partial charge in [-0.15, -0.1) is 0 Å². The second kappa shape index (κ2) is 7.23. The number of amidine groups is 1. The van der Waals surface area contributed by atoms with Crippen LogP contribution in [-0.2, 0) is 4.79 Å². The van der Waals surface area contributed by atoms with Crippen molar-refractivity contribution >= 4 is 52.2 Å². The predicted octanol–water partition coefficient (Wildman–Crippen LogP) is 3.98. The maximum absolute atomic E-state index is 12.4. The summed E-state index contributed by atoms with van der Waals surface area (Å²) in [6.07, 6.45) is 1.72. The second-order valence-electron chi connectivity index (χ2n) is 5.43. The molecule has 0 radical (unpaired) electrons. The highest BCUT2D eigenvalue weighted by Gasteiger charge is 2.30. The maximum Gasteiger partial charge on any atom is 0.338 e. The molecule has 1 heterocycles. The molecular formula is C18H13ClN2O4S. The van der Waals surface area contributed by atoms with E-state index in [-0.39, 0.29) is 22.9 Å². The van der Waals surface area contributed by atoms with E-state index in [0.717, 1.165) is 23.4 Å². The molecule has 1 aliphatic rings. The summed E-state index contributed by atoms with van der Waals surface area (Å²) in [6, 6.07) is 10.9. The van der Waals surface area contributed by atoms with Gasteiger partial charge in [0.1, 0.15) is 5.75 Å². The van der Waals surface area contributed by atoms with Gasteiger partial charge in [-0.25, -0.2) is 9.79 Å². The molecule has 1 amide bonds. The Bertz CT molecular complexity index is 954. The number of carbonyl (C=O) groups excluding carboxylic acids is 1. The number of carboxylic acids is 1. The Labute approximate surface area is 158 Å². The Balaban J connectivity index is 1.95. The van der Waals surface area contributed by atoms with Crippen LogP contribution in [-0.4, -0.2) is 39.2 Å². The number of phenolic OH excluding ortho intramolecular Hbond substituents is 1. The maximum atomic E-state index is 12.4. The molecule has 0 aliphatic carbocycles. The lowest BCUT2D eigenvalue weighted by molar-refractivity contribution is -0.121. The van der Waals surface area contributed by atoms with E-state index in [1.54, 1.807) is 37.4 Å². The van der Waals surface area contributed by atoms with Crippen molar-refractivity contribution in [2.75, 3.05) is 7.05 Å². The summed E-state index contributed by atoms with van der Waals surface area (Å²) in [4.78, 5) is 29.9. The van der Waals surface area contributed by atoms with E-state index >= 15 is 0 Å². The zero-order valence-electron chi connectivity index (χ0n) is 13.5. The molecule has 6 nitrogen and oxygen atoms in total. The third-order valence-electron chi connectivity index (χ3n) is 3.60. The van der Waals surface area contributed by atoms with Crippen molar-refractivity contribution in [1.29, 1.82) is 0 Å². The molecule has 0 spiro atoms. The number of aromatic hydroxyl groups is 1. The Hall–Kier alpha value is -2.77. The minimum atomic E-state index is -1.21. The Morgan fingerprint density at radius 3 is 2.58 bits per heavy atom. The average Bonchev–Trinajstić information content (AvgIpc) is 2.86. The van der Waals surface area contributed by atoms with Gasteiger partial charge in [-0.1, -0.05) is 23.7 Å². The summed E-state index contributed by atoms with van der Waals surface area (Å²) in [6.45, 7) is 0. The normalized spacial score (nSPS) is 17.3. The van der Waals surface area contributed by atoms with Crippen LogP contribution in [0.3, 0.4) is 0 Å². The number of amides is 1. The molecule has 1 fully saturated rings. The quantitative estimate of drug-likeness (QED) is 0.776. The van der Waals surface area contributed by atoms with Crippen molar-refractivity contribution in [2.45, 2.75) is 0 Å². The molecule has 3 rings (SSSR count). The monoisotopic (exact) mass is 388 g/mol. The molecule has 1 saturated heterocycles. The van der Waals surface area contributed by atoms with Crippen LogP contribution in [0.25, 0.3) is 6.08 Å². The summed E-state index contributed by atoms with van der Waals surface area (Å²) in [5.74, 6) is -1.62. The molecule has 2 N–H and O–H groups in total. The summed E-state index contributed by atoms with van der Waals surface area (Å²) in [5.41, 5.74) is 0.829. The number of thioether (sulfide) groups is 1. The van der Waals surface area contributed by atoms with Gasteiger partial charge in [0.05, 0.1) is 16.2 Å². The molecule has 0 bridgehead atoms. The fraction of sp³-hybridized carbons (Fsp3) is 0.0556.